The first-order valence-electron chi connectivity index (χ1n) is 5.81. The van der Waals surface area contributed by atoms with Crippen LogP contribution in [-0.2, 0) is 11.2 Å². The van der Waals surface area contributed by atoms with Crippen molar-refractivity contribution in [3.05, 3.63) is 52.3 Å². The number of anilines is 2. The van der Waals surface area contributed by atoms with E-state index in [0.717, 1.165) is 15.7 Å². The van der Waals surface area contributed by atoms with Crippen LogP contribution < -0.4 is 11.1 Å². The van der Waals surface area contributed by atoms with Crippen LogP contribution in [0.25, 0.3) is 0 Å². The molecule has 2 rings (SSSR count). The van der Waals surface area contributed by atoms with Gasteiger partial charge in [-0.05, 0) is 42.8 Å². The lowest BCUT2D eigenvalue weighted by atomic mass is 10.2. The number of benzene rings is 1. The fraction of sp³-hybridized carbons (Fsp3) is 0.143. The number of pyridine rings is 1. The Morgan fingerprint density at radius 3 is 2.79 bits per heavy atom. The molecule has 4 nitrogen and oxygen atoms in total. The molecule has 0 bridgehead atoms. The van der Waals surface area contributed by atoms with Crippen LogP contribution in [0.1, 0.15) is 11.3 Å². The molecule has 0 radical (unpaired) electrons. The number of nitrogens with one attached hydrogen (secondary N) is 1. The maximum Gasteiger partial charge on any atom is 0.230 e. The van der Waals surface area contributed by atoms with Crippen molar-refractivity contribution in [2.45, 2.75) is 13.3 Å². The number of hydrogen-bond donors (Lipinski definition) is 2. The molecule has 19 heavy (non-hydrogen) atoms. The fourth-order valence-electron chi connectivity index (χ4n) is 1.63. The monoisotopic (exact) mass is 319 g/mol. The van der Waals surface area contributed by atoms with E-state index in [1.807, 2.05) is 25.1 Å². The second-order valence-corrected chi connectivity index (χ2v) is 5.13. The van der Waals surface area contributed by atoms with Gasteiger partial charge in [0.15, 0.2) is 0 Å². The molecule has 3 N–H and O–H groups in total. The Bertz CT molecular complexity index is 596. The lowest BCUT2D eigenvalue weighted by molar-refractivity contribution is -0.115. The standard InChI is InChI=1S/C14H14BrN3O/c1-9-6-12(4-5-13(9)15)18-14(19)7-11-3-2-10(16)8-17-11/h2-6,8H,7,16H2,1H3,(H,18,19). The maximum atomic E-state index is 11.9. The summed E-state index contributed by atoms with van der Waals surface area (Å²) in [4.78, 5) is 16.0. The van der Waals surface area contributed by atoms with Crippen LogP contribution in [0, 0.1) is 6.92 Å². The Kier molecular flexibility index (Phi) is 4.16. The molecule has 98 valence electrons. The summed E-state index contributed by atoms with van der Waals surface area (Å²) in [5.74, 6) is -0.0982. The van der Waals surface area contributed by atoms with Gasteiger partial charge in [-0.1, -0.05) is 15.9 Å². The molecular formula is C14H14BrN3O. The fourth-order valence-corrected chi connectivity index (χ4v) is 1.88. The van der Waals surface area contributed by atoms with Crippen molar-refractivity contribution in [3.63, 3.8) is 0 Å². The van der Waals surface area contributed by atoms with E-state index in [9.17, 15) is 4.79 Å². The number of nitrogens with zero attached hydrogens (tertiary/aromatic N) is 1. The molecule has 1 aromatic carbocycles. The molecule has 0 unspecified atom stereocenters. The molecule has 0 saturated heterocycles. The van der Waals surface area contributed by atoms with Gasteiger partial charge in [0.05, 0.1) is 18.3 Å². The minimum absolute atomic E-state index is 0.0982. The van der Waals surface area contributed by atoms with Gasteiger partial charge in [0.25, 0.3) is 0 Å². The molecule has 5 heteroatoms. The predicted molar refractivity (Wildman–Crippen MR) is 79.9 cm³/mol. The average Bonchev–Trinajstić information content (AvgIpc) is 2.37. The quantitative estimate of drug-likeness (QED) is 0.914. The molecule has 0 fully saturated rings. The van der Waals surface area contributed by atoms with Gasteiger partial charge in [0.1, 0.15) is 0 Å². The molecule has 0 atom stereocenters. The van der Waals surface area contributed by atoms with Crippen LogP contribution in [0.5, 0.6) is 0 Å². The molecular weight excluding hydrogens is 306 g/mol. The third kappa shape index (κ3) is 3.79. The molecule has 0 aliphatic carbocycles. The van der Waals surface area contributed by atoms with E-state index in [1.54, 1.807) is 18.3 Å². The number of aryl methyl sites for hydroxylation is 1. The summed E-state index contributed by atoms with van der Waals surface area (Å²) in [7, 11) is 0. The lowest BCUT2D eigenvalue weighted by Crippen LogP contribution is -2.15. The van der Waals surface area contributed by atoms with E-state index >= 15 is 0 Å². The van der Waals surface area contributed by atoms with Gasteiger partial charge in [-0.3, -0.25) is 9.78 Å². The molecule has 0 aliphatic heterocycles. The number of hydrogen-bond acceptors (Lipinski definition) is 3. The molecule has 2 aromatic rings. The first kappa shape index (κ1) is 13.5. The van der Waals surface area contributed by atoms with E-state index in [-0.39, 0.29) is 12.3 Å². The van der Waals surface area contributed by atoms with Gasteiger partial charge >= 0.3 is 0 Å². The first-order valence-corrected chi connectivity index (χ1v) is 6.60. The van der Waals surface area contributed by atoms with Gasteiger partial charge < -0.3 is 11.1 Å². The van der Waals surface area contributed by atoms with Crippen molar-refractivity contribution in [1.82, 2.24) is 4.98 Å². The van der Waals surface area contributed by atoms with Crippen molar-refractivity contribution < 1.29 is 4.79 Å². The van der Waals surface area contributed by atoms with E-state index in [0.29, 0.717) is 11.4 Å². The van der Waals surface area contributed by atoms with Crippen molar-refractivity contribution >= 4 is 33.2 Å². The zero-order valence-electron chi connectivity index (χ0n) is 10.5. The highest BCUT2D eigenvalue weighted by Crippen LogP contribution is 2.20. The van der Waals surface area contributed by atoms with E-state index in [2.05, 4.69) is 26.2 Å². The second kappa shape index (κ2) is 5.84. The van der Waals surface area contributed by atoms with Crippen molar-refractivity contribution in [2.75, 3.05) is 11.1 Å². The average molecular weight is 320 g/mol. The van der Waals surface area contributed by atoms with Crippen molar-refractivity contribution in [1.29, 1.82) is 0 Å². The smallest absolute Gasteiger partial charge is 0.230 e. The summed E-state index contributed by atoms with van der Waals surface area (Å²) < 4.78 is 1.02. The number of nitrogens with two attached hydrogens (primary N) is 1. The highest BCUT2D eigenvalue weighted by Gasteiger charge is 2.06. The third-order valence-electron chi connectivity index (χ3n) is 2.63. The van der Waals surface area contributed by atoms with Crippen LogP contribution in [0.4, 0.5) is 11.4 Å². The number of aromatic nitrogens is 1. The Morgan fingerprint density at radius 1 is 1.37 bits per heavy atom. The van der Waals surface area contributed by atoms with Crippen molar-refractivity contribution in [3.8, 4) is 0 Å². The summed E-state index contributed by atoms with van der Waals surface area (Å²) in [5.41, 5.74) is 8.68. The highest BCUT2D eigenvalue weighted by atomic mass is 79.9. The second-order valence-electron chi connectivity index (χ2n) is 4.27. The minimum atomic E-state index is -0.0982. The van der Waals surface area contributed by atoms with Crippen LogP contribution in [0.3, 0.4) is 0 Å². The first-order chi connectivity index (χ1) is 9.04. The van der Waals surface area contributed by atoms with Gasteiger partial charge in [0, 0.05) is 15.9 Å². The topological polar surface area (TPSA) is 68.0 Å². The highest BCUT2D eigenvalue weighted by molar-refractivity contribution is 9.10. The summed E-state index contributed by atoms with van der Waals surface area (Å²) in [6.07, 6.45) is 1.78. The van der Waals surface area contributed by atoms with Gasteiger partial charge in [-0.2, -0.15) is 0 Å². The number of carbonyl (C=O) groups is 1. The number of nitrogen functional groups attached to an aromatic ring is 1. The summed E-state index contributed by atoms with van der Waals surface area (Å²) in [6, 6.07) is 9.16. The van der Waals surface area contributed by atoms with Gasteiger partial charge in [-0.15, -0.1) is 0 Å². The van der Waals surface area contributed by atoms with Crippen LogP contribution in [-0.4, -0.2) is 10.9 Å². The molecule has 0 aliphatic rings. The molecule has 1 heterocycles. The Labute approximate surface area is 120 Å². The van der Waals surface area contributed by atoms with E-state index in [1.165, 1.54) is 0 Å². The number of amides is 1. The molecule has 1 aromatic heterocycles. The minimum Gasteiger partial charge on any atom is -0.397 e. The Morgan fingerprint density at radius 2 is 2.16 bits per heavy atom. The number of rotatable bonds is 3. The number of carbonyl (C=O) groups excluding carboxylic acids is 1. The van der Waals surface area contributed by atoms with Crippen LogP contribution in [0.2, 0.25) is 0 Å². The summed E-state index contributed by atoms with van der Waals surface area (Å²) >= 11 is 3.42. The zero-order valence-corrected chi connectivity index (χ0v) is 12.1. The van der Waals surface area contributed by atoms with E-state index in [4.69, 9.17) is 5.73 Å². The molecule has 0 saturated carbocycles. The van der Waals surface area contributed by atoms with Gasteiger partial charge in [0.2, 0.25) is 5.91 Å². The molecule has 0 spiro atoms. The normalized spacial score (nSPS) is 10.2. The third-order valence-corrected chi connectivity index (χ3v) is 3.52. The molecule has 1 amide bonds. The Balaban J connectivity index is 2.01. The summed E-state index contributed by atoms with van der Waals surface area (Å²) in [6.45, 7) is 1.97. The van der Waals surface area contributed by atoms with E-state index < -0.39 is 0 Å². The SMILES string of the molecule is Cc1cc(NC(=O)Cc2ccc(N)cn2)ccc1Br. The zero-order chi connectivity index (χ0) is 13.8. The van der Waals surface area contributed by atoms with Crippen LogP contribution in [0.15, 0.2) is 41.0 Å². The largest absolute Gasteiger partial charge is 0.397 e. The predicted octanol–water partition coefficient (Wildman–Crippen LogP) is 2.92. The Hall–Kier alpha value is -1.88. The lowest BCUT2D eigenvalue weighted by Gasteiger charge is -2.07. The summed E-state index contributed by atoms with van der Waals surface area (Å²) in [5, 5.41) is 2.84. The van der Waals surface area contributed by atoms with Crippen LogP contribution >= 0.6 is 15.9 Å². The maximum absolute atomic E-state index is 11.9. The number of halogens is 1. The van der Waals surface area contributed by atoms with Crippen molar-refractivity contribution in [2.24, 2.45) is 0 Å². The van der Waals surface area contributed by atoms with Gasteiger partial charge in [-0.25, -0.2) is 0 Å².